The van der Waals surface area contributed by atoms with Gasteiger partial charge in [-0.1, -0.05) is 0 Å². The quantitative estimate of drug-likeness (QED) is 0.876. The van der Waals surface area contributed by atoms with Crippen LogP contribution in [-0.4, -0.2) is 45.2 Å². The van der Waals surface area contributed by atoms with Gasteiger partial charge in [-0.25, -0.2) is 13.1 Å². The minimum atomic E-state index is -4.27. The Morgan fingerprint density at radius 2 is 1.48 bits per heavy atom. The molecule has 1 atom stereocenters. The highest BCUT2D eigenvalue weighted by atomic mass is 32.2. The van der Waals surface area contributed by atoms with E-state index in [1.54, 1.807) is 13.8 Å². The molecule has 0 bridgehead atoms. The summed E-state index contributed by atoms with van der Waals surface area (Å²) in [6.45, 7) is 8.57. The van der Waals surface area contributed by atoms with Gasteiger partial charge < -0.3 is 0 Å². The number of likely N-dealkylation sites (tertiary alicyclic amines) is 1. The average molecular weight is 378 g/mol. The molecular weight excluding hydrogens is 353 g/mol. The lowest BCUT2D eigenvalue weighted by molar-refractivity contribution is -0.143. The first-order valence-corrected chi connectivity index (χ1v) is 9.70. The van der Waals surface area contributed by atoms with Gasteiger partial charge in [0, 0.05) is 19.1 Å². The predicted octanol–water partition coefficient (Wildman–Crippen LogP) is 3.14. The lowest BCUT2D eigenvalue weighted by atomic mass is 9.95. The van der Waals surface area contributed by atoms with Crippen LogP contribution >= 0.6 is 0 Å². The van der Waals surface area contributed by atoms with Crippen LogP contribution in [0.1, 0.15) is 34.2 Å². The first-order valence-electron chi connectivity index (χ1n) is 8.22. The highest BCUT2D eigenvalue weighted by Gasteiger charge is 2.36. The molecule has 1 aromatic carbocycles. The molecule has 1 aliphatic heterocycles. The molecule has 0 spiro atoms. The third kappa shape index (κ3) is 4.35. The summed E-state index contributed by atoms with van der Waals surface area (Å²) in [6, 6.07) is -0.506. The maximum atomic E-state index is 12.9. The van der Waals surface area contributed by atoms with Gasteiger partial charge in [-0.3, -0.25) is 4.90 Å². The first-order chi connectivity index (χ1) is 11.3. The van der Waals surface area contributed by atoms with Crippen LogP contribution < -0.4 is 4.72 Å². The number of sulfonamides is 1. The van der Waals surface area contributed by atoms with Gasteiger partial charge in [0.2, 0.25) is 10.0 Å². The molecule has 1 heterocycles. The van der Waals surface area contributed by atoms with E-state index < -0.39 is 28.8 Å². The van der Waals surface area contributed by atoms with Gasteiger partial charge in [-0.15, -0.1) is 0 Å². The van der Waals surface area contributed by atoms with E-state index in [1.165, 1.54) is 4.90 Å². The highest BCUT2D eigenvalue weighted by molar-refractivity contribution is 7.89. The zero-order chi connectivity index (χ0) is 19.2. The molecule has 8 heteroatoms. The Balaban J connectivity index is 2.25. The van der Waals surface area contributed by atoms with Gasteiger partial charge in [0.1, 0.15) is 0 Å². The van der Waals surface area contributed by atoms with Crippen molar-refractivity contribution in [2.45, 2.75) is 58.2 Å². The van der Waals surface area contributed by atoms with Crippen LogP contribution in [0.4, 0.5) is 13.2 Å². The number of rotatable bonds is 4. The van der Waals surface area contributed by atoms with E-state index in [0.29, 0.717) is 17.5 Å². The fraction of sp³-hybridized carbons (Fsp3) is 0.647. The molecule has 0 unspecified atom stereocenters. The van der Waals surface area contributed by atoms with Gasteiger partial charge in [0.15, 0.2) is 0 Å². The number of hydrogen-bond donors (Lipinski definition) is 1. The summed E-state index contributed by atoms with van der Waals surface area (Å²) in [6.07, 6.45) is -3.90. The Morgan fingerprint density at radius 3 is 1.96 bits per heavy atom. The largest absolute Gasteiger partial charge is 0.401 e. The number of alkyl halides is 3. The van der Waals surface area contributed by atoms with Crippen LogP contribution in [0.2, 0.25) is 0 Å². The number of benzene rings is 1. The predicted molar refractivity (Wildman–Crippen MR) is 91.3 cm³/mol. The second-order valence-corrected chi connectivity index (χ2v) is 8.56. The summed E-state index contributed by atoms with van der Waals surface area (Å²) in [4.78, 5) is 1.49. The molecule has 1 N–H and O–H groups in total. The Hall–Kier alpha value is -1.12. The summed E-state index contributed by atoms with van der Waals surface area (Å²) in [7, 11) is -3.79. The van der Waals surface area contributed by atoms with Gasteiger partial charge in [-0.2, -0.15) is 13.2 Å². The summed E-state index contributed by atoms with van der Waals surface area (Å²) in [5.74, 6) is 0. The maximum Gasteiger partial charge on any atom is 0.401 e. The van der Waals surface area contributed by atoms with Crippen molar-refractivity contribution in [2.75, 3.05) is 19.6 Å². The van der Waals surface area contributed by atoms with Gasteiger partial charge in [0.25, 0.3) is 0 Å². The smallest absolute Gasteiger partial charge is 0.293 e. The van der Waals surface area contributed by atoms with Crippen LogP contribution in [-0.2, 0) is 10.0 Å². The lowest BCUT2D eigenvalue weighted by Crippen LogP contribution is -2.39. The minimum absolute atomic E-state index is 0.0701. The van der Waals surface area contributed by atoms with E-state index in [2.05, 4.69) is 4.72 Å². The van der Waals surface area contributed by atoms with E-state index in [1.807, 2.05) is 20.8 Å². The standard InChI is InChI=1S/C17H25F3N2O2S/c1-10-11(2)13(4)16(14(5)12(10)3)25(23,24)21-15-6-7-22(8-15)9-17(18,19)20/h15,21H,6-9H2,1-5H3/t15-/m1/s1. The van der Waals surface area contributed by atoms with Gasteiger partial charge in [0.05, 0.1) is 11.4 Å². The summed E-state index contributed by atoms with van der Waals surface area (Å²) < 4.78 is 65.8. The number of halogens is 3. The first kappa shape index (κ1) is 20.2. The molecule has 0 aliphatic carbocycles. The molecule has 1 aliphatic rings. The molecule has 1 fully saturated rings. The Bertz CT molecular complexity index is 744. The molecular formula is C17H25F3N2O2S. The monoisotopic (exact) mass is 378 g/mol. The molecule has 1 aromatic rings. The lowest BCUT2D eigenvalue weighted by Gasteiger charge is -2.21. The summed E-state index contributed by atoms with van der Waals surface area (Å²) >= 11 is 0. The Morgan fingerprint density at radius 1 is 1.00 bits per heavy atom. The van der Waals surface area contributed by atoms with E-state index in [9.17, 15) is 21.6 Å². The van der Waals surface area contributed by atoms with Gasteiger partial charge >= 0.3 is 6.18 Å². The number of nitrogens with one attached hydrogen (secondary N) is 1. The third-order valence-electron chi connectivity index (χ3n) is 5.20. The average Bonchev–Trinajstić information content (AvgIpc) is 2.86. The van der Waals surface area contributed by atoms with Crippen LogP contribution in [0.25, 0.3) is 0 Å². The third-order valence-corrected chi connectivity index (χ3v) is 6.99. The Kier molecular flexibility index (Phi) is 5.56. The van der Waals surface area contributed by atoms with Crippen molar-refractivity contribution in [3.63, 3.8) is 0 Å². The number of nitrogens with zero attached hydrogens (tertiary/aromatic N) is 1. The SMILES string of the molecule is Cc1c(C)c(C)c(S(=O)(=O)N[C@@H]2CCN(CC(F)(F)F)C2)c(C)c1C. The van der Waals surface area contributed by atoms with Crippen molar-refractivity contribution in [3.8, 4) is 0 Å². The van der Waals surface area contributed by atoms with E-state index in [0.717, 1.165) is 16.7 Å². The fourth-order valence-electron chi connectivity index (χ4n) is 3.47. The maximum absolute atomic E-state index is 12.9. The van der Waals surface area contributed by atoms with Crippen LogP contribution in [0.5, 0.6) is 0 Å². The van der Waals surface area contributed by atoms with Crippen molar-refractivity contribution >= 4 is 10.0 Å². The second kappa shape index (κ2) is 6.89. The molecule has 142 valence electrons. The molecule has 0 radical (unpaired) electrons. The van der Waals surface area contributed by atoms with Crippen molar-refractivity contribution < 1.29 is 21.6 Å². The molecule has 0 saturated carbocycles. The zero-order valence-electron chi connectivity index (χ0n) is 15.2. The zero-order valence-corrected chi connectivity index (χ0v) is 16.0. The summed E-state index contributed by atoms with van der Waals surface area (Å²) in [5, 5.41) is 0. The normalized spacial score (nSPS) is 19.6. The van der Waals surface area contributed by atoms with Crippen LogP contribution in [0.15, 0.2) is 4.90 Å². The summed E-state index contributed by atoms with van der Waals surface area (Å²) in [5.41, 5.74) is 4.30. The van der Waals surface area contributed by atoms with E-state index >= 15 is 0 Å². The van der Waals surface area contributed by atoms with E-state index in [-0.39, 0.29) is 18.0 Å². The number of hydrogen-bond acceptors (Lipinski definition) is 3. The molecule has 2 rings (SSSR count). The molecule has 4 nitrogen and oxygen atoms in total. The van der Waals surface area contributed by atoms with Crippen LogP contribution in [0.3, 0.4) is 0 Å². The van der Waals surface area contributed by atoms with Crippen molar-refractivity contribution in [2.24, 2.45) is 0 Å². The molecule has 0 amide bonds. The van der Waals surface area contributed by atoms with Gasteiger partial charge in [-0.05, 0) is 68.9 Å². The highest BCUT2D eigenvalue weighted by Crippen LogP contribution is 2.30. The fourth-order valence-corrected chi connectivity index (χ4v) is 5.33. The topological polar surface area (TPSA) is 49.4 Å². The molecule has 1 saturated heterocycles. The minimum Gasteiger partial charge on any atom is -0.293 e. The van der Waals surface area contributed by atoms with Crippen molar-refractivity contribution in [1.82, 2.24) is 9.62 Å². The molecule has 0 aromatic heterocycles. The van der Waals surface area contributed by atoms with Crippen molar-refractivity contribution in [1.29, 1.82) is 0 Å². The van der Waals surface area contributed by atoms with E-state index in [4.69, 9.17) is 0 Å². The van der Waals surface area contributed by atoms with Crippen molar-refractivity contribution in [3.05, 3.63) is 27.8 Å². The molecule has 25 heavy (non-hydrogen) atoms. The van der Waals surface area contributed by atoms with Crippen LogP contribution in [0, 0.1) is 34.6 Å². The second-order valence-electron chi connectivity index (χ2n) is 6.91. The Labute approximate surface area is 147 Å².